The molecule has 0 radical (unpaired) electrons. The summed E-state index contributed by atoms with van der Waals surface area (Å²) in [4.78, 5) is 0. The summed E-state index contributed by atoms with van der Waals surface area (Å²) in [7, 11) is 0. The molecule has 92 valence electrons. The van der Waals surface area contributed by atoms with E-state index in [4.69, 9.17) is 0 Å². The Kier molecular flexibility index (Phi) is 2.80. The molecule has 0 aliphatic carbocycles. The van der Waals surface area contributed by atoms with Gasteiger partial charge >= 0.3 is 0 Å². The summed E-state index contributed by atoms with van der Waals surface area (Å²) >= 11 is 0. The molecular formula is C16H17NO. The van der Waals surface area contributed by atoms with Crippen molar-refractivity contribution in [3.8, 4) is 16.9 Å². The highest BCUT2D eigenvalue weighted by Gasteiger charge is 2.12. The Morgan fingerprint density at radius 1 is 1.11 bits per heavy atom. The topological polar surface area (TPSA) is 32.3 Å². The van der Waals surface area contributed by atoms with Crippen molar-refractivity contribution in [2.45, 2.75) is 19.9 Å². The molecule has 1 heterocycles. The van der Waals surface area contributed by atoms with Crippen LogP contribution in [0.25, 0.3) is 11.1 Å². The highest BCUT2D eigenvalue weighted by molar-refractivity contribution is 5.70. The molecular weight excluding hydrogens is 222 g/mol. The van der Waals surface area contributed by atoms with Gasteiger partial charge in [0.1, 0.15) is 5.75 Å². The van der Waals surface area contributed by atoms with Crippen LogP contribution in [0.4, 0.5) is 0 Å². The number of phenols is 1. The molecule has 2 aromatic rings. The van der Waals surface area contributed by atoms with Crippen molar-refractivity contribution in [1.29, 1.82) is 0 Å². The van der Waals surface area contributed by atoms with Crippen molar-refractivity contribution >= 4 is 0 Å². The molecule has 0 saturated heterocycles. The second-order valence-corrected chi connectivity index (χ2v) is 4.91. The quantitative estimate of drug-likeness (QED) is 0.801. The van der Waals surface area contributed by atoms with E-state index in [9.17, 15) is 5.11 Å². The first-order valence-electron chi connectivity index (χ1n) is 6.36. The average Bonchev–Trinajstić information content (AvgIpc) is 2.38. The molecule has 0 bridgehead atoms. The van der Waals surface area contributed by atoms with E-state index >= 15 is 0 Å². The number of nitrogens with one attached hydrogen (secondary N) is 1. The third-order valence-electron chi connectivity index (χ3n) is 3.59. The van der Waals surface area contributed by atoms with Crippen molar-refractivity contribution in [2.24, 2.45) is 0 Å². The highest BCUT2D eigenvalue weighted by Crippen LogP contribution is 2.29. The number of phenolic OH excluding ortho intramolecular Hbond substituents is 1. The minimum atomic E-state index is 0.322. The number of aromatic hydroxyl groups is 1. The van der Waals surface area contributed by atoms with Gasteiger partial charge in [-0.2, -0.15) is 0 Å². The van der Waals surface area contributed by atoms with Gasteiger partial charge in [0.05, 0.1) is 0 Å². The molecule has 0 spiro atoms. The number of fused-ring (bicyclic) bond motifs is 1. The molecule has 2 N–H and O–H groups in total. The molecule has 0 saturated carbocycles. The van der Waals surface area contributed by atoms with Gasteiger partial charge in [-0.3, -0.25) is 0 Å². The Labute approximate surface area is 107 Å². The second-order valence-electron chi connectivity index (χ2n) is 4.91. The van der Waals surface area contributed by atoms with Crippen molar-refractivity contribution in [1.82, 2.24) is 5.32 Å². The second kappa shape index (κ2) is 4.46. The first kappa shape index (κ1) is 11.3. The predicted octanol–water partition coefficient (Wildman–Crippen LogP) is 3.01. The maximum Gasteiger partial charge on any atom is 0.116 e. The third-order valence-corrected chi connectivity index (χ3v) is 3.59. The number of aryl methyl sites for hydroxylation is 1. The Bertz CT molecular complexity index is 590. The van der Waals surface area contributed by atoms with Crippen LogP contribution < -0.4 is 5.32 Å². The Balaban J connectivity index is 2.12. The van der Waals surface area contributed by atoms with Gasteiger partial charge in [-0.1, -0.05) is 18.2 Å². The molecule has 1 aliphatic rings. The average molecular weight is 239 g/mol. The molecule has 0 amide bonds. The zero-order valence-electron chi connectivity index (χ0n) is 10.5. The van der Waals surface area contributed by atoms with Gasteiger partial charge in [0.2, 0.25) is 0 Å². The van der Waals surface area contributed by atoms with Crippen LogP contribution in [0.2, 0.25) is 0 Å². The smallest absolute Gasteiger partial charge is 0.116 e. The lowest BCUT2D eigenvalue weighted by Gasteiger charge is -2.20. The molecule has 0 aromatic heterocycles. The number of rotatable bonds is 1. The fourth-order valence-corrected chi connectivity index (χ4v) is 2.64. The third kappa shape index (κ3) is 2.00. The van der Waals surface area contributed by atoms with Gasteiger partial charge in [0.25, 0.3) is 0 Å². The maximum absolute atomic E-state index is 9.59. The van der Waals surface area contributed by atoms with E-state index in [2.05, 4.69) is 24.4 Å². The molecule has 0 atom stereocenters. The predicted molar refractivity (Wildman–Crippen MR) is 73.7 cm³/mol. The van der Waals surface area contributed by atoms with Crippen LogP contribution in [0, 0.1) is 6.92 Å². The van der Waals surface area contributed by atoms with E-state index in [0.29, 0.717) is 5.75 Å². The largest absolute Gasteiger partial charge is 0.508 e. The van der Waals surface area contributed by atoms with Crippen molar-refractivity contribution < 1.29 is 5.11 Å². The van der Waals surface area contributed by atoms with E-state index in [-0.39, 0.29) is 0 Å². The lowest BCUT2D eigenvalue weighted by molar-refractivity contribution is 0.475. The Morgan fingerprint density at radius 3 is 2.83 bits per heavy atom. The summed E-state index contributed by atoms with van der Waals surface area (Å²) in [5.74, 6) is 0.322. The Morgan fingerprint density at radius 2 is 2.00 bits per heavy atom. The van der Waals surface area contributed by atoms with Gasteiger partial charge in [0, 0.05) is 6.54 Å². The lowest BCUT2D eigenvalue weighted by atomic mass is 9.92. The van der Waals surface area contributed by atoms with Gasteiger partial charge in [-0.05, 0) is 65.9 Å². The maximum atomic E-state index is 9.59. The van der Waals surface area contributed by atoms with Crippen LogP contribution in [-0.4, -0.2) is 11.7 Å². The van der Waals surface area contributed by atoms with E-state index in [1.165, 1.54) is 22.3 Å². The number of hydrogen-bond acceptors (Lipinski definition) is 2. The summed E-state index contributed by atoms with van der Waals surface area (Å²) in [6.07, 6.45) is 1.11. The van der Waals surface area contributed by atoms with E-state index < -0.39 is 0 Å². The summed E-state index contributed by atoms with van der Waals surface area (Å²) in [5, 5.41) is 13.0. The van der Waals surface area contributed by atoms with Crippen LogP contribution in [0.5, 0.6) is 5.75 Å². The van der Waals surface area contributed by atoms with E-state index in [1.54, 1.807) is 6.07 Å². The van der Waals surface area contributed by atoms with Gasteiger partial charge < -0.3 is 10.4 Å². The fourth-order valence-electron chi connectivity index (χ4n) is 2.64. The highest BCUT2D eigenvalue weighted by atomic mass is 16.3. The molecule has 0 unspecified atom stereocenters. The zero-order chi connectivity index (χ0) is 12.5. The van der Waals surface area contributed by atoms with Gasteiger partial charge in [-0.15, -0.1) is 0 Å². The summed E-state index contributed by atoms with van der Waals surface area (Å²) in [6, 6.07) is 12.0. The van der Waals surface area contributed by atoms with Crippen LogP contribution >= 0.6 is 0 Å². The minimum absolute atomic E-state index is 0.322. The molecule has 3 rings (SSSR count). The summed E-state index contributed by atoms with van der Waals surface area (Å²) in [6.45, 7) is 4.15. The lowest BCUT2D eigenvalue weighted by Crippen LogP contribution is -2.23. The first-order valence-corrected chi connectivity index (χ1v) is 6.36. The summed E-state index contributed by atoms with van der Waals surface area (Å²) < 4.78 is 0. The van der Waals surface area contributed by atoms with Crippen molar-refractivity contribution in [2.75, 3.05) is 6.54 Å². The van der Waals surface area contributed by atoms with Crippen LogP contribution in [-0.2, 0) is 13.0 Å². The van der Waals surface area contributed by atoms with E-state index in [1.807, 2.05) is 18.2 Å². The molecule has 0 fully saturated rings. The first-order chi connectivity index (χ1) is 8.74. The van der Waals surface area contributed by atoms with Crippen LogP contribution in [0.1, 0.15) is 16.7 Å². The molecule has 2 nitrogen and oxygen atoms in total. The fraction of sp³-hybridized carbons (Fsp3) is 0.250. The monoisotopic (exact) mass is 239 g/mol. The Hall–Kier alpha value is -1.80. The minimum Gasteiger partial charge on any atom is -0.508 e. The molecule has 2 aromatic carbocycles. The molecule has 1 aliphatic heterocycles. The standard InChI is InChI=1S/C16H17NO/c1-11-7-12-5-6-17-10-14(12)9-16(11)13-3-2-4-15(18)8-13/h2-4,7-9,17-18H,5-6,10H2,1H3. The molecule has 18 heavy (non-hydrogen) atoms. The van der Waals surface area contributed by atoms with Gasteiger partial charge in [-0.25, -0.2) is 0 Å². The molecule has 2 heteroatoms. The normalized spacial score (nSPS) is 14.3. The summed E-state index contributed by atoms with van der Waals surface area (Å²) in [5.41, 5.74) is 6.41. The van der Waals surface area contributed by atoms with Crippen molar-refractivity contribution in [3.05, 3.63) is 53.1 Å². The van der Waals surface area contributed by atoms with Crippen LogP contribution in [0.3, 0.4) is 0 Å². The van der Waals surface area contributed by atoms with E-state index in [0.717, 1.165) is 25.1 Å². The zero-order valence-corrected chi connectivity index (χ0v) is 10.5. The van der Waals surface area contributed by atoms with Crippen LogP contribution in [0.15, 0.2) is 36.4 Å². The van der Waals surface area contributed by atoms with Gasteiger partial charge in [0.15, 0.2) is 0 Å². The number of hydrogen-bond donors (Lipinski definition) is 2. The SMILES string of the molecule is Cc1cc2c(cc1-c1cccc(O)c1)CNCC2. The number of benzene rings is 2. The van der Waals surface area contributed by atoms with Crippen molar-refractivity contribution in [3.63, 3.8) is 0 Å².